The smallest absolute Gasteiger partial charge is 0.262 e. The van der Waals surface area contributed by atoms with Gasteiger partial charge in [0.25, 0.3) is 5.91 Å². The number of nitrogens with two attached hydrogens (primary N) is 1. The van der Waals surface area contributed by atoms with Gasteiger partial charge in [0.1, 0.15) is 5.75 Å². The summed E-state index contributed by atoms with van der Waals surface area (Å²) in [5.41, 5.74) is 9.53. The number of hydrogen-bond donors (Lipinski definition) is 2. The normalized spacial score (nSPS) is 11.0. The van der Waals surface area contributed by atoms with Crippen molar-refractivity contribution < 1.29 is 14.4 Å². The second kappa shape index (κ2) is 9.41. The number of rotatable bonds is 7. The predicted octanol–water partition coefficient (Wildman–Crippen LogP) is 4.40. The zero-order chi connectivity index (χ0) is 20.6. The minimum absolute atomic E-state index is 0.110. The molecule has 0 aliphatic rings. The number of nitrogens with one attached hydrogen (secondary N) is 1. The minimum atomic E-state index is -0.297. The van der Waals surface area contributed by atoms with Crippen molar-refractivity contribution in [3.8, 4) is 11.5 Å². The zero-order valence-corrected chi connectivity index (χ0v) is 16.4. The highest BCUT2D eigenvalue weighted by atomic mass is 16.6. The van der Waals surface area contributed by atoms with Crippen LogP contribution in [0.1, 0.15) is 18.1 Å². The molecule has 3 aromatic carbocycles. The van der Waals surface area contributed by atoms with Crippen molar-refractivity contribution in [1.29, 1.82) is 0 Å². The van der Waals surface area contributed by atoms with E-state index in [4.69, 9.17) is 15.3 Å². The molecule has 29 heavy (non-hydrogen) atoms. The number of benzene rings is 3. The summed E-state index contributed by atoms with van der Waals surface area (Å²) < 4.78 is 5.56. The third-order valence-corrected chi connectivity index (χ3v) is 4.14. The molecule has 3 aromatic rings. The summed E-state index contributed by atoms with van der Waals surface area (Å²) in [7, 11) is 0. The molecule has 0 spiro atoms. The molecule has 148 valence electrons. The van der Waals surface area contributed by atoms with Crippen LogP contribution in [0.2, 0.25) is 0 Å². The van der Waals surface area contributed by atoms with Gasteiger partial charge >= 0.3 is 0 Å². The SMILES string of the molecule is CC(=NOc1cc(N)cc(NC(=O)COc2ccccc2C)c1)c1ccccc1. The average Bonchev–Trinajstić information content (AvgIpc) is 2.71. The molecule has 0 saturated heterocycles. The molecular weight excluding hydrogens is 366 g/mol. The second-order valence-corrected chi connectivity index (χ2v) is 6.53. The molecule has 0 atom stereocenters. The zero-order valence-electron chi connectivity index (χ0n) is 16.4. The van der Waals surface area contributed by atoms with Crippen molar-refractivity contribution in [3.63, 3.8) is 0 Å². The quantitative estimate of drug-likeness (QED) is 0.356. The first-order chi connectivity index (χ1) is 14.0. The van der Waals surface area contributed by atoms with E-state index in [9.17, 15) is 4.79 Å². The van der Waals surface area contributed by atoms with Gasteiger partial charge in [0.2, 0.25) is 0 Å². The second-order valence-electron chi connectivity index (χ2n) is 6.53. The molecule has 0 bridgehead atoms. The van der Waals surface area contributed by atoms with Gasteiger partial charge in [-0.25, -0.2) is 0 Å². The number of para-hydroxylation sites is 1. The maximum atomic E-state index is 12.2. The van der Waals surface area contributed by atoms with Crippen molar-refractivity contribution in [3.05, 3.63) is 83.9 Å². The van der Waals surface area contributed by atoms with Gasteiger partial charge in [-0.2, -0.15) is 0 Å². The van der Waals surface area contributed by atoms with E-state index in [0.717, 1.165) is 16.8 Å². The van der Waals surface area contributed by atoms with E-state index in [1.54, 1.807) is 18.2 Å². The molecule has 3 N–H and O–H groups in total. The van der Waals surface area contributed by atoms with E-state index < -0.39 is 0 Å². The summed E-state index contributed by atoms with van der Waals surface area (Å²) in [6, 6.07) is 22.2. The van der Waals surface area contributed by atoms with Gasteiger partial charge < -0.3 is 20.6 Å². The number of oxime groups is 1. The average molecular weight is 389 g/mol. The highest BCUT2D eigenvalue weighted by Gasteiger charge is 2.08. The van der Waals surface area contributed by atoms with Gasteiger partial charge in [0.15, 0.2) is 12.4 Å². The van der Waals surface area contributed by atoms with Crippen LogP contribution >= 0.6 is 0 Å². The number of amides is 1. The van der Waals surface area contributed by atoms with E-state index in [0.29, 0.717) is 22.9 Å². The Balaban J connectivity index is 1.62. The fourth-order valence-electron chi connectivity index (χ4n) is 2.66. The van der Waals surface area contributed by atoms with Gasteiger partial charge in [-0.1, -0.05) is 53.7 Å². The van der Waals surface area contributed by atoms with Crippen LogP contribution in [0.15, 0.2) is 78.0 Å². The van der Waals surface area contributed by atoms with E-state index in [1.165, 1.54) is 0 Å². The third kappa shape index (κ3) is 5.84. The summed E-state index contributed by atoms with van der Waals surface area (Å²) in [5.74, 6) is 0.800. The van der Waals surface area contributed by atoms with Crippen LogP contribution < -0.4 is 20.6 Å². The summed E-state index contributed by atoms with van der Waals surface area (Å²) in [6.45, 7) is 3.67. The van der Waals surface area contributed by atoms with E-state index in [2.05, 4.69) is 10.5 Å². The molecule has 0 heterocycles. The van der Waals surface area contributed by atoms with Crippen LogP contribution in [0.3, 0.4) is 0 Å². The Morgan fingerprint density at radius 2 is 1.76 bits per heavy atom. The lowest BCUT2D eigenvalue weighted by molar-refractivity contribution is -0.118. The fourth-order valence-corrected chi connectivity index (χ4v) is 2.66. The molecule has 0 aliphatic carbocycles. The van der Waals surface area contributed by atoms with Crippen LogP contribution in [0.4, 0.5) is 11.4 Å². The largest absolute Gasteiger partial charge is 0.483 e. The molecule has 1 amide bonds. The summed E-state index contributed by atoms with van der Waals surface area (Å²) in [6.07, 6.45) is 0. The lowest BCUT2D eigenvalue weighted by Gasteiger charge is -2.11. The molecule has 6 nitrogen and oxygen atoms in total. The summed E-state index contributed by atoms with van der Waals surface area (Å²) in [4.78, 5) is 17.7. The number of nitrogens with zero attached hydrogens (tertiary/aromatic N) is 1. The third-order valence-electron chi connectivity index (χ3n) is 4.14. The molecule has 0 unspecified atom stereocenters. The number of anilines is 2. The van der Waals surface area contributed by atoms with Crippen LogP contribution in [0, 0.1) is 6.92 Å². The van der Waals surface area contributed by atoms with Crippen LogP contribution in [0.25, 0.3) is 0 Å². The molecular formula is C23H23N3O3. The number of nitrogen functional groups attached to an aromatic ring is 1. The lowest BCUT2D eigenvalue weighted by Crippen LogP contribution is -2.20. The Morgan fingerprint density at radius 3 is 2.52 bits per heavy atom. The predicted molar refractivity (Wildman–Crippen MR) is 115 cm³/mol. The lowest BCUT2D eigenvalue weighted by atomic mass is 10.1. The monoisotopic (exact) mass is 389 g/mol. The minimum Gasteiger partial charge on any atom is -0.483 e. The van der Waals surface area contributed by atoms with Crippen LogP contribution in [-0.4, -0.2) is 18.2 Å². The van der Waals surface area contributed by atoms with E-state index >= 15 is 0 Å². The standard InChI is InChI=1S/C23H23N3O3/c1-16-8-6-7-11-22(16)28-15-23(27)25-20-12-19(24)13-21(14-20)29-26-17(2)18-9-4-3-5-10-18/h3-14H,15,24H2,1-2H3,(H,25,27). The topological polar surface area (TPSA) is 85.9 Å². The fraction of sp³-hybridized carbons (Fsp3) is 0.130. The van der Waals surface area contributed by atoms with Crippen molar-refractivity contribution in [2.24, 2.45) is 5.16 Å². The van der Waals surface area contributed by atoms with Crippen molar-refractivity contribution in [2.45, 2.75) is 13.8 Å². The number of ether oxygens (including phenoxy) is 1. The Morgan fingerprint density at radius 1 is 1.03 bits per heavy atom. The molecule has 0 aliphatic heterocycles. The maximum Gasteiger partial charge on any atom is 0.262 e. The number of carbonyl (C=O) groups excluding carboxylic acids is 1. The van der Waals surface area contributed by atoms with Crippen LogP contribution in [0.5, 0.6) is 11.5 Å². The summed E-state index contributed by atoms with van der Waals surface area (Å²) in [5, 5.41) is 6.90. The first-order valence-electron chi connectivity index (χ1n) is 9.17. The van der Waals surface area contributed by atoms with Crippen LogP contribution in [-0.2, 0) is 4.79 Å². The molecule has 3 rings (SSSR count). The van der Waals surface area contributed by atoms with E-state index in [1.807, 2.05) is 68.4 Å². The van der Waals surface area contributed by atoms with Crippen molar-refractivity contribution in [1.82, 2.24) is 0 Å². The van der Waals surface area contributed by atoms with Gasteiger partial charge in [0.05, 0.1) is 5.71 Å². The van der Waals surface area contributed by atoms with Gasteiger partial charge in [-0.3, -0.25) is 4.79 Å². The molecule has 6 heteroatoms. The Labute approximate surface area is 169 Å². The van der Waals surface area contributed by atoms with Gasteiger partial charge in [0, 0.05) is 23.5 Å². The maximum absolute atomic E-state index is 12.2. The van der Waals surface area contributed by atoms with Gasteiger partial charge in [-0.15, -0.1) is 0 Å². The molecule has 0 aromatic heterocycles. The van der Waals surface area contributed by atoms with Crippen molar-refractivity contribution in [2.75, 3.05) is 17.7 Å². The van der Waals surface area contributed by atoms with Gasteiger partial charge in [-0.05, 0) is 37.1 Å². The first kappa shape index (κ1) is 19.9. The number of carbonyl (C=O) groups is 1. The Hall–Kier alpha value is -3.80. The molecule has 0 saturated carbocycles. The Kier molecular flexibility index (Phi) is 6.47. The Bertz CT molecular complexity index is 1020. The molecule has 0 fully saturated rings. The van der Waals surface area contributed by atoms with Crippen molar-refractivity contribution >= 4 is 23.0 Å². The number of aryl methyl sites for hydroxylation is 1. The molecule has 0 radical (unpaired) electrons. The number of hydrogen-bond acceptors (Lipinski definition) is 5. The first-order valence-corrected chi connectivity index (χ1v) is 9.17. The summed E-state index contributed by atoms with van der Waals surface area (Å²) >= 11 is 0. The highest BCUT2D eigenvalue weighted by molar-refractivity contribution is 5.98. The highest BCUT2D eigenvalue weighted by Crippen LogP contribution is 2.23. The van der Waals surface area contributed by atoms with E-state index in [-0.39, 0.29) is 12.5 Å².